The van der Waals surface area contributed by atoms with Crippen LogP contribution < -0.4 is 5.32 Å². The van der Waals surface area contributed by atoms with Crippen molar-refractivity contribution in [3.05, 3.63) is 23.9 Å². The smallest absolute Gasteiger partial charge is 0.307 e. The van der Waals surface area contributed by atoms with Crippen molar-refractivity contribution in [1.82, 2.24) is 4.98 Å². The van der Waals surface area contributed by atoms with Crippen molar-refractivity contribution >= 4 is 17.7 Å². The van der Waals surface area contributed by atoms with Crippen LogP contribution in [0.25, 0.3) is 0 Å². The van der Waals surface area contributed by atoms with Crippen LogP contribution in [0.4, 0.5) is 5.82 Å². The summed E-state index contributed by atoms with van der Waals surface area (Å²) < 4.78 is 0. The Kier molecular flexibility index (Phi) is 3.60. The molecule has 96 valence electrons. The summed E-state index contributed by atoms with van der Waals surface area (Å²) in [5, 5.41) is 11.7. The van der Waals surface area contributed by atoms with E-state index in [1.807, 2.05) is 13.0 Å². The minimum Gasteiger partial charge on any atom is -0.481 e. The monoisotopic (exact) mass is 248 g/mol. The van der Waals surface area contributed by atoms with Gasteiger partial charge in [0.1, 0.15) is 5.82 Å². The third-order valence-corrected chi connectivity index (χ3v) is 3.31. The van der Waals surface area contributed by atoms with Crippen molar-refractivity contribution in [3.63, 3.8) is 0 Å². The lowest BCUT2D eigenvalue weighted by atomic mass is 9.95. The molecule has 1 amide bonds. The lowest BCUT2D eigenvalue weighted by Crippen LogP contribution is -2.30. The van der Waals surface area contributed by atoms with Crippen LogP contribution in [0.3, 0.4) is 0 Å². The van der Waals surface area contributed by atoms with Gasteiger partial charge < -0.3 is 10.4 Å². The van der Waals surface area contributed by atoms with Crippen LogP contribution in [0.1, 0.15) is 25.0 Å². The van der Waals surface area contributed by atoms with Crippen molar-refractivity contribution in [1.29, 1.82) is 0 Å². The largest absolute Gasteiger partial charge is 0.481 e. The van der Waals surface area contributed by atoms with E-state index in [2.05, 4.69) is 10.3 Å². The summed E-state index contributed by atoms with van der Waals surface area (Å²) in [7, 11) is 0. The predicted molar refractivity (Wildman–Crippen MR) is 66.1 cm³/mol. The number of carboxylic acid groups (broad SMARTS) is 1. The van der Waals surface area contributed by atoms with Crippen LogP contribution in [0.2, 0.25) is 0 Å². The van der Waals surface area contributed by atoms with Gasteiger partial charge in [-0.3, -0.25) is 9.59 Å². The molecule has 0 bridgehead atoms. The van der Waals surface area contributed by atoms with Crippen LogP contribution in [0.15, 0.2) is 18.2 Å². The molecule has 1 aromatic rings. The molecular weight excluding hydrogens is 232 g/mol. The van der Waals surface area contributed by atoms with Gasteiger partial charge in [0.25, 0.3) is 0 Å². The van der Waals surface area contributed by atoms with Crippen LogP contribution in [0.5, 0.6) is 0 Å². The second-order valence-electron chi connectivity index (χ2n) is 4.64. The average Bonchev–Trinajstić information content (AvgIpc) is 2.77. The molecule has 18 heavy (non-hydrogen) atoms. The number of carbonyl (C=O) groups is 2. The van der Waals surface area contributed by atoms with Crippen LogP contribution in [-0.2, 0) is 9.59 Å². The maximum absolute atomic E-state index is 12.0. The van der Waals surface area contributed by atoms with Crippen molar-refractivity contribution in [3.8, 4) is 0 Å². The van der Waals surface area contributed by atoms with Gasteiger partial charge in [0.05, 0.1) is 11.8 Å². The van der Waals surface area contributed by atoms with E-state index in [4.69, 9.17) is 5.11 Å². The lowest BCUT2D eigenvalue weighted by molar-refractivity contribution is -0.145. The van der Waals surface area contributed by atoms with Gasteiger partial charge in [0.15, 0.2) is 0 Å². The van der Waals surface area contributed by atoms with Gasteiger partial charge in [-0.1, -0.05) is 12.5 Å². The molecule has 0 unspecified atom stereocenters. The fourth-order valence-electron chi connectivity index (χ4n) is 2.40. The molecule has 1 aliphatic rings. The number of carboxylic acids is 1. The number of pyridine rings is 1. The van der Waals surface area contributed by atoms with Gasteiger partial charge in [0, 0.05) is 5.69 Å². The first-order valence-corrected chi connectivity index (χ1v) is 6.05. The SMILES string of the molecule is Cc1cccc(NC(=O)[C@@H]2CCC[C@@H]2C(=O)O)n1. The molecule has 2 N–H and O–H groups in total. The molecule has 5 heteroatoms. The van der Waals surface area contributed by atoms with Gasteiger partial charge >= 0.3 is 5.97 Å². The van der Waals surface area contributed by atoms with Gasteiger partial charge in [-0.15, -0.1) is 0 Å². The third-order valence-electron chi connectivity index (χ3n) is 3.31. The first-order valence-electron chi connectivity index (χ1n) is 6.05. The van der Waals surface area contributed by atoms with Crippen molar-refractivity contribution < 1.29 is 14.7 Å². The molecule has 0 spiro atoms. The normalized spacial score (nSPS) is 22.7. The second-order valence-corrected chi connectivity index (χ2v) is 4.64. The summed E-state index contributed by atoms with van der Waals surface area (Å²) in [4.78, 5) is 27.2. The molecule has 0 saturated heterocycles. The summed E-state index contributed by atoms with van der Waals surface area (Å²) in [6.45, 7) is 1.84. The number of amides is 1. The summed E-state index contributed by atoms with van der Waals surface area (Å²) in [5.41, 5.74) is 0.814. The number of nitrogens with zero attached hydrogens (tertiary/aromatic N) is 1. The van der Waals surface area contributed by atoms with Gasteiger partial charge in [-0.2, -0.15) is 0 Å². The maximum atomic E-state index is 12.0. The Morgan fingerprint density at radius 1 is 1.33 bits per heavy atom. The van der Waals surface area contributed by atoms with E-state index in [0.717, 1.165) is 12.1 Å². The average molecular weight is 248 g/mol. The van der Waals surface area contributed by atoms with E-state index in [1.165, 1.54) is 0 Å². The molecule has 1 aromatic heterocycles. The van der Waals surface area contributed by atoms with E-state index in [1.54, 1.807) is 12.1 Å². The zero-order valence-corrected chi connectivity index (χ0v) is 10.2. The maximum Gasteiger partial charge on any atom is 0.307 e. The molecule has 1 fully saturated rings. The molecule has 2 atom stereocenters. The Labute approximate surface area is 105 Å². The first-order chi connectivity index (χ1) is 8.58. The third kappa shape index (κ3) is 2.67. The molecule has 2 rings (SSSR count). The summed E-state index contributed by atoms with van der Waals surface area (Å²) >= 11 is 0. The number of aliphatic carboxylic acids is 1. The lowest BCUT2D eigenvalue weighted by Gasteiger charge is -2.15. The Morgan fingerprint density at radius 3 is 2.72 bits per heavy atom. The molecular formula is C13H16N2O3. The van der Waals surface area contributed by atoms with Crippen molar-refractivity contribution in [2.75, 3.05) is 5.32 Å². The highest BCUT2D eigenvalue weighted by molar-refractivity contribution is 5.94. The van der Waals surface area contributed by atoms with E-state index in [0.29, 0.717) is 18.7 Å². The van der Waals surface area contributed by atoms with Crippen LogP contribution in [0, 0.1) is 18.8 Å². The molecule has 0 radical (unpaired) electrons. The van der Waals surface area contributed by atoms with Crippen LogP contribution in [-0.4, -0.2) is 22.0 Å². The topological polar surface area (TPSA) is 79.3 Å². The Hall–Kier alpha value is -1.91. The predicted octanol–water partition coefficient (Wildman–Crippen LogP) is 1.83. The molecule has 5 nitrogen and oxygen atoms in total. The quantitative estimate of drug-likeness (QED) is 0.855. The first kappa shape index (κ1) is 12.5. The van der Waals surface area contributed by atoms with Crippen LogP contribution >= 0.6 is 0 Å². The molecule has 1 heterocycles. The van der Waals surface area contributed by atoms with Crippen molar-refractivity contribution in [2.24, 2.45) is 11.8 Å². The number of aryl methyl sites for hydroxylation is 1. The highest BCUT2D eigenvalue weighted by Crippen LogP contribution is 2.32. The van der Waals surface area contributed by atoms with E-state index >= 15 is 0 Å². The molecule has 1 saturated carbocycles. The van der Waals surface area contributed by atoms with Crippen molar-refractivity contribution in [2.45, 2.75) is 26.2 Å². The summed E-state index contributed by atoms with van der Waals surface area (Å²) in [6.07, 6.45) is 2.00. The highest BCUT2D eigenvalue weighted by Gasteiger charge is 2.37. The second kappa shape index (κ2) is 5.16. The number of hydrogen-bond acceptors (Lipinski definition) is 3. The number of nitrogens with one attached hydrogen (secondary N) is 1. The van der Waals surface area contributed by atoms with E-state index < -0.39 is 17.8 Å². The Bertz CT molecular complexity index is 473. The minimum atomic E-state index is -0.884. The van der Waals surface area contributed by atoms with Gasteiger partial charge in [-0.05, 0) is 31.9 Å². The fraction of sp³-hybridized carbons (Fsp3) is 0.462. The molecule has 1 aliphatic carbocycles. The fourth-order valence-corrected chi connectivity index (χ4v) is 2.40. The zero-order valence-electron chi connectivity index (χ0n) is 10.2. The van der Waals surface area contributed by atoms with Gasteiger partial charge in [0.2, 0.25) is 5.91 Å². The highest BCUT2D eigenvalue weighted by atomic mass is 16.4. The number of anilines is 1. The Balaban J connectivity index is 2.06. The zero-order chi connectivity index (χ0) is 13.1. The van der Waals surface area contributed by atoms with E-state index in [-0.39, 0.29) is 5.91 Å². The number of carbonyl (C=O) groups excluding carboxylic acids is 1. The minimum absolute atomic E-state index is 0.238. The molecule has 0 aromatic carbocycles. The summed E-state index contributed by atoms with van der Waals surface area (Å²) in [5.74, 6) is -1.64. The number of rotatable bonds is 3. The Morgan fingerprint density at radius 2 is 2.06 bits per heavy atom. The molecule has 0 aliphatic heterocycles. The van der Waals surface area contributed by atoms with E-state index in [9.17, 15) is 9.59 Å². The summed E-state index contributed by atoms with van der Waals surface area (Å²) in [6, 6.07) is 5.35. The standard InChI is InChI=1S/C13H16N2O3/c1-8-4-2-7-11(14-8)15-12(16)9-5-3-6-10(9)13(17)18/h2,4,7,9-10H,3,5-6H2,1H3,(H,17,18)(H,14,15,16)/t9-,10+/m1/s1. The number of aromatic nitrogens is 1. The van der Waals surface area contributed by atoms with Gasteiger partial charge in [-0.25, -0.2) is 4.98 Å². The number of hydrogen-bond donors (Lipinski definition) is 2.